The summed E-state index contributed by atoms with van der Waals surface area (Å²) in [6.45, 7) is 7.52. The summed E-state index contributed by atoms with van der Waals surface area (Å²) in [6.07, 6.45) is 12.4. The summed E-state index contributed by atoms with van der Waals surface area (Å²) >= 11 is 0. The minimum absolute atomic E-state index is 0.0304. The number of nitrogens with one attached hydrogen (secondary N) is 2. The quantitative estimate of drug-likeness (QED) is 0.181. The second-order valence-electron chi connectivity index (χ2n) is 9.94. The number of hydrogen-bond acceptors (Lipinski definition) is 5. The monoisotopic (exact) mass is 520 g/mol. The minimum atomic E-state index is -0.662. The maximum Gasteiger partial charge on any atom is 0.246 e. The van der Waals surface area contributed by atoms with E-state index in [4.69, 9.17) is 9.47 Å². The van der Waals surface area contributed by atoms with Gasteiger partial charge >= 0.3 is 0 Å². The summed E-state index contributed by atoms with van der Waals surface area (Å²) in [7, 11) is 0. The molecule has 0 aliphatic heterocycles. The van der Waals surface area contributed by atoms with Crippen molar-refractivity contribution >= 4 is 11.8 Å². The van der Waals surface area contributed by atoms with Crippen LogP contribution >= 0.6 is 0 Å². The molecule has 0 saturated heterocycles. The summed E-state index contributed by atoms with van der Waals surface area (Å²) in [6, 6.07) is 8.76. The van der Waals surface area contributed by atoms with Crippen molar-refractivity contribution in [3.05, 3.63) is 35.4 Å². The average molecular weight is 521 g/mol. The van der Waals surface area contributed by atoms with Crippen molar-refractivity contribution in [3.63, 3.8) is 0 Å². The van der Waals surface area contributed by atoms with Gasteiger partial charge in [0.15, 0.2) is 0 Å². The van der Waals surface area contributed by atoms with Crippen LogP contribution < -0.4 is 10.6 Å². The summed E-state index contributed by atoms with van der Waals surface area (Å²) in [5.74, 6) is -0.208. The van der Waals surface area contributed by atoms with Gasteiger partial charge in [-0.15, -0.1) is 0 Å². The zero-order valence-corrected chi connectivity index (χ0v) is 23.6. The molecule has 0 aliphatic rings. The van der Waals surface area contributed by atoms with Crippen LogP contribution in [0.25, 0.3) is 0 Å². The van der Waals surface area contributed by atoms with Crippen LogP contribution in [-0.2, 0) is 31.9 Å². The molecule has 3 N–H and O–H groups in total. The van der Waals surface area contributed by atoms with E-state index in [9.17, 15) is 14.7 Å². The molecule has 7 nitrogen and oxygen atoms in total. The van der Waals surface area contributed by atoms with E-state index in [1.54, 1.807) is 0 Å². The van der Waals surface area contributed by atoms with Gasteiger partial charge in [-0.2, -0.15) is 0 Å². The lowest BCUT2D eigenvalue weighted by Crippen LogP contribution is -2.52. The molecule has 2 amide bonds. The molecule has 0 aromatic heterocycles. The van der Waals surface area contributed by atoms with E-state index in [1.165, 1.54) is 49.7 Å². The summed E-state index contributed by atoms with van der Waals surface area (Å²) < 4.78 is 10.8. The van der Waals surface area contributed by atoms with E-state index < -0.39 is 5.54 Å². The second kappa shape index (κ2) is 21.0. The second-order valence-corrected chi connectivity index (χ2v) is 9.94. The van der Waals surface area contributed by atoms with Crippen molar-refractivity contribution in [2.75, 3.05) is 39.6 Å². The molecule has 1 atom stereocenters. The minimum Gasteiger partial charge on any atom is -0.394 e. The molecule has 0 saturated carbocycles. The van der Waals surface area contributed by atoms with Crippen molar-refractivity contribution < 1.29 is 24.2 Å². The van der Waals surface area contributed by atoms with E-state index in [0.29, 0.717) is 45.6 Å². The third kappa shape index (κ3) is 15.8. The molecule has 0 fully saturated rings. The van der Waals surface area contributed by atoms with Crippen molar-refractivity contribution in [1.82, 2.24) is 10.6 Å². The number of unbranched alkanes of at least 4 members (excludes halogenated alkanes) is 5. The predicted octanol–water partition coefficient (Wildman–Crippen LogP) is 4.73. The summed E-state index contributed by atoms with van der Waals surface area (Å²) in [5, 5.41) is 15.9. The molecular formula is C30H52N2O5. The van der Waals surface area contributed by atoms with Gasteiger partial charge in [-0.05, 0) is 49.7 Å². The zero-order valence-electron chi connectivity index (χ0n) is 23.6. The Balaban J connectivity index is 2.29. The standard InChI is InChI=1S/C30H52N2O5/c1-4-7-8-9-10-11-13-26-14-16-27(17-15-26)18-19-30(6-3,25-33)32-29(35)24-37-23-22-36-21-20-31-28(34)12-5-2/h14-17,33H,4-13,18-25H2,1-3H3,(H,31,34)(H,32,35). The van der Waals surface area contributed by atoms with E-state index in [0.717, 1.165) is 19.3 Å². The van der Waals surface area contributed by atoms with Gasteiger partial charge in [-0.1, -0.05) is 77.1 Å². The first-order valence-electron chi connectivity index (χ1n) is 14.4. The smallest absolute Gasteiger partial charge is 0.246 e. The molecule has 1 rings (SSSR count). The molecule has 1 unspecified atom stereocenters. The van der Waals surface area contributed by atoms with Crippen LogP contribution in [0.15, 0.2) is 24.3 Å². The lowest BCUT2D eigenvalue weighted by molar-refractivity contribution is -0.129. The Hall–Kier alpha value is -1.96. The molecule has 1 aromatic rings. The highest BCUT2D eigenvalue weighted by atomic mass is 16.5. The van der Waals surface area contributed by atoms with Gasteiger partial charge in [-0.25, -0.2) is 0 Å². The van der Waals surface area contributed by atoms with Gasteiger partial charge < -0.3 is 25.2 Å². The number of aryl methyl sites for hydroxylation is 2. The Morgan fingerprint density at radius 2 is 1.46 bits per heavy atom. The lowest BCUT2D eigenvalue weighted by atomic mass is 9.89. The normalized spacial score (nSPS) is 12.8. The molecule has 0 radical (unpaired) electrons. The van der Waals surface area contributed by atoms with Crippen molar-refractivity contribution in [1.29, 1.82) is 0 Å². The molecule has 0 bridgehead atoms. The number of aliphatic hydroxyl groups is 1. The molecule has 212 valence electrons. The zero-order chi connectivity index (χ0) is 27.2. The fourth-order valence-electron chi connectivity index (χ4n) is 4.22. The third-order valence-electron chi connectivity index (χ3n) is 6.77. The maximum atomic E-state index is 12.5. The van der Waals surface area contributed by atoms with Crippen molar-refractivity contribution in [3.8, 4) is 0 Å². The largest absolute Gasteiger partial charge is 0.394 e. The first-order chi connectivity index (χ1) is 18.0. The topological polar surface area (TPSA) is 96.9 Å². The highest BCUT2D eigenvalue weighted by molar-refractivity contribution is 5.78. The van der Waals surface area contributed by atoms with Gasteiger partial charge in [0.1, 0.15) is 6.61 Å². The van der Waals surface area contributed by atoms with Crippen molar-refractivity contribution in [2.24, 2.45) is 0 Å². The average Bonchev–Trinajstić information content (AvgIpc) is 2.91. The SMILES string of the molecule is CCCCCCCCc1ccc(CCC(CC)(CO)NC(=O)COCCOCCNC(=O)CCC)cc1. The summed E-state index contributed by atoms with van der Waals surface area (Å²) in [5.41, 5.74) is 1.93. The molecule has 7 heteroatoms. The third-order valence-corrected chi connectivity index (χ3v) is 6.77. The van der Waals surface area contributed by atoms with Gasteiger partial charge in [-0.3, -0.25) is 9.59 Å². The number of carbonyl (C=O) groups is 2. The van der Waals surface area contributed by atoms with Crippen LogP contribution in [0, 0.1) is 0 Å². The van der Waals surface area contributed by atoms with Crippen LogP contribution in [0.3, 0.4) is 0 Å². The molecule has 0 aliphatic carbocycles. The first-order valence-corrected chi connectivity index (χ1v) is 14.4. The predicted molar refractivity (Wildman–Crippen MR) is 150 cm³/mol. The van der Waals surface area contributed by atoms with E-state index >= 15 is 0 Å². The van der Waals surface area contributed by atoms with Crippen LogP contribution in [0.2, 0.25) is 0 Å². The van der Waals surface area contributed by atoms with Crippen molar-refractivity contribution in [2.45, 2.75) is 103 Å². The number of rotatable bonds is 23. The Labute approximate surface area is 225 Å². The number of amides is 2. The van der Waals surface area contributed by atoms with Crippen LogP contribution in [0.5, 0.6) is 0 Å². The Morgan fingerprint density at radius 1 is 0.811 bits per heavy atom. The number of hydrogen-bond donors (Lipinski definition) is 3. The van der Waals surface area contributed by atoms with E-state index in [-0.39, 0.29) is 25.0 Å². The van der Waals surface area contributed by atoms with E-state index in [1.807, 2.05) is 13.8 Å². The number of benzene rings is 1. The van der Waals surface area contributed by atoms with Gasteiger partial charge in [0.05, 0.1) is 32.0 Å². The van der Waals surface area contributed by atoms with Crippen LogP contribution in [0.1, 0.15) is 96.1 Å². The van der Waals surface area contributed by atoms with E-state index in [2.05, 4.69) is 41.8 Å². The molecular weight excluding hydrogens is 468 g/mol. The molecule has 1 aromatic carbocycles. The fraction of sp³-hybridized carbons (Fsp3) is 0.733. The highest BCUT2D eigenvalue weighted by Crippen LogP contribution is 2.19. The Bertz CT molecular complexity index is 719. The number of ether oxygens (including phenoxy) is 2. The molecule has 0 spiro atoms. The van der Waals surface area contributed by atoms with Crippen LogP contribution in [-0.4, -0.2) is 62.0 Å². The van der Waals surface area contributed by atoms with Gasteiger partial charge in [0.2, 0.25) is 11.8 Å². The molecule has 37 heavy (non-hydrogen) atoms. The lowest BCUT2D eigenvalue weighted by Gasteiger charge is -2.32. The summed E-state index contributed by atoms with van der Waals surface area (Å²) in [4.78, 5) is 23.8. The Morgan fingerprint density at radius 3 is 2.11 bits per heavy atom. The van der Waals surface area contributed by atoms with Crippen LogP contribution in [0.4, 0.5) is 0 Å². The fourth-order valence-corrected chi connectivity index (χ4v) is 4.22. The number of carbonyl (C=O) groups excluding carboxylic acids is 2. The Kier molecular flexibility index (Phi) is 18.8. The van der Waals surface area contributed by atoms with Gasteiger partial charge in [0.25, 0.3) is 0 Å². The first kappa shape index (κ1) is 33.1. The maximum absolute atomic E-state index is 12.5. The number of aliphatic hydroxyl groups excluding tert-OH is 1. The van der Waals surface area contributed by atoms with Gasteiger partial charge in [0, 0.05) is 13.0 Å². The molecule has 0 heterocycles. The highest BCUT2D eigenvalue weighted by Gasteiger charge is 2.29.